The molecule has 0 spiro atoms. The number of imidazole rings is 1. The average Bonchev–Trinajstić information content (AvgIpc) is 3.40. The summed E-state index contributed by atoms with van der Waals surface area (Å²) in [6, 6.07) is 1.73. The first-order valence-electron chi connectivity index (χ1n) is 9.03. The summed E-state index contributed by atoms with van der Waals surface area (Å²) in [5.74, 6) is -2.35. The molecule has 3 atom stereocenters. The molecule has 4 nitrogen and oxygen atoms in total. The zero-order valence-electron chi connectivity index (χ0n) is 14.1. The van der Waals surface area contributed by atoms with Crippen LogP contribution in [-0.4, -0.2) is 20.6 Å². The maximum Gasteiger partial charge on any atom is 0.157 e. The van der Waals surface area contributed by atoms with Gasteiger partial charge in [-0.2, -0.15) is 0 Å². The van der Waals surface area contributed by atoms with Gasteiger partial charge < -0.3 is 10.3 Å². The highest BCUT2D eigenvalue weighted by atomic mass is 19.2. The van der Waals surface area contributed by atoms with Gasteiger partial charge in [0.25, 0.3) is 0 Å². The van der Waals surface area contributed by atoms with Crippen LogP contribution in [0.4, 0.5) is 13.2 Å². The SMILES string of the molecule is NC1Cn2c(nc3cnc(C4CC4)cc32)CC1[C@H]1CC(F)=C(F)C=C1F. The van der Waals surface area contributed by atoms with E-state index in [0.717, 1.165) is 22.6 Å². The summed E-state index contributed by atoms with van der Waals surface area (Å²) in [5, 5.41) is 0. The lowest BCUT2D eigenvalue weighted by Gasteiger charge is -2.35. The molecule has 1 saturated carbocycles. The second-order valence-corrected chi connectivity index (χ2v) is 7.64. The van der Waals surface area contributed by atoms with Crippen LogP contribution in [0.5, 0.6) is 0 Å². The number of allylic oxidation sites excluding steroid dienone is 4. The molecule has 136 valence electrons. The smallest absolute Gasteiger partial charge is 0.157 e. The van der Waals surface area contributed by atoms with Crippen LogP contribution >= 0.6 is 0 Å². The van der Waals surface area contributed by atoms with Gasteiger partial charge in [0.2, 0.25) is 0 Å². The zero-order chi connectivity index (χ0) is 18.0. The van der Waals surface area contributed by atoms with Crippen molar-refractivity contribution in [1.29, 1.82) is 0 Å². The minimum Gasteiger partial charge on any atom is -0.326 e. The van der Waals surface area contributed by atoms with E-state index in [1.165, 1.54) is 12.8 Å². The minimum absolute atomic E-state index is 0.278. The highest BCUT2D eigenvalue weighted by molar-refractivity contribution is 5.76. The predicted octanol–water partition coefficient (Wildman–Crippen LogP) is 3.83. The Hall–Kier alpha value is -2.15. The minimum atomic E-state index is -1.12. The van der Waals surface area contributed by atoms with Crippen LogP contribution in [0.3, 0.4) is 0 Å². The number of nitrogens with two attached hydrogens (primary N) is 1. The summed E-state index contributed by atoms with van der Waals surface area (Å²) in [7, 11) is 0. The number of pyridine rings is 1. The van der Waals surface area contributed by atoms with Crippen LogP contribution in [0.1, 0.15) is 36.7 Å². The van der Waals surface area contributed by atoms with E-state index in [2.05, 4.69) is 20.6 Å². The quantitative estimate of drug-likeness (QED) is 0.885. The molecule has 26 heavy (non-hydrogen) atoms. The van der Waals surface area contributed by atoms with E-state index in [9.17, 15) is 13.2 Å². The van der Waals surface area contributed by atoms with E-state index in [1.807, 2.05) is 0 Å². The molecule has 3 heterocycles. The molecule has 2 aliphatic carbocycles. The van der Waals surface area contributed by atoms with Gasteiger partial charge in [-0.25, -0.2) is 18.2 Å². The molecule has 7 heteroatoms. The van der Waals surface area contributed by atoms with Crippen molar-refractivity contribution in [3.63, 3.8) is 0 Å². The third-order valence-corrected chi connectivity index (χ3v) is 5.89. The van der Waals surface area contributed by atoms with Gasteiger partial charge in [0, 0.05) is 49.0 Å². The number of hydrogen-bond acceptors (Lipinski definition) is 3. The van der Waals surface area contributed by atoms with Crippen molar-refractivity contribution in [3.8, 4) is 0 Å². The largest absolute Gasteiger partial charge is 0.326 e. The summed E-state index contributed by atoms with van der Waals surface area (Å²) in [4.78, 5) is 9.13. The van der Waals surface area contributed by atoms with Gasteiger partial charge in [0.15, 0.2) is 5.83 Å². The lowest BCUT2D eigenvalue weighted by Crippen LogP contribution is -2.44. The van der Waals surface area contributed by atoms with E-state index >= 15 is 0 Å². The van der Waals surface area contributed by atoms with Crippen LogP contribution in [0, 0.1) is 11.8 Å². The Kier molecular flexibility index (Phi) is 3.50. The lowest BCUT2D eigenvalue weighted by molar-refractivity contribution is 0.217. The van der Waals surface area contributed by atoms with Crippen molar-refractivity contribution >= 4 is 11.0 Å². The summed E-state index contributed by atoms with van der Waals surface area (Å²) >= 11 is 0. The molecule has 0 amide bonds. The topological polar surface area (TPSA) is 56.7 Å². The second kappa shape index (κ2) is 5.67. The molecule has 0 bridgehead atoms. The van der Waals surface area contributed by atoms with Gasteiger partial charge in [0.05, 0.1) is 11.7 Å². The van der Waals surface area contributed by atoms with Crippen molar-refractivity contribution in [2.45, 2.75) is 44.2 Å². The van der Waals surface area contributed by atoms with Crippen molar-refractivity contribution < 1.29 is 13.2 Å². The number of nitrogens with zero attached hydrogens (tertiary/aromatic N) is 3. The Balaban J connectivity index is 1.49. The maximum atomic E-state index is 14.3. The number of aromatic nitrogens is 3. The fourth-order valence-electron chi connectivity index (χ4n) is 4.26. The molecule has 1 aliphatic heterocycles. The van der Waals surface area contributed by atoms with Crippen LogP contribution in [-0.2, 0) is 13.0 Å². The normalized spacial score (nSPS) is 29.1. The number of rotatable bonds is 2. The third kappa shape index (κ3) is 2.48. The first-order chi connectivity index (χ1) is 12.5. The maximum absolute atomic E-state index is 14.3. The Bertz CT molecular complexity index is 957. The summed E-state index contributed by atoms with van der Waals surface area (Å²) in [6.07, 6.45) is 4.94. The molecule has 1 fully saturated rings. The van der Waals surface area contributed by atoms with Crippen molar-refractivity contribution in [1.82, 2.24) is 14.5 Å². The van der Waals surface area contributed by atoms with Crippen LogP contribution in [0.15, 0.2) is 35.8 Å². The van der Waals surface area contributed by atoms with Gasteiger partial charge in [-0.05, 0) is 24.8 Å². The Morgan fingerprint density at radius 1 is 1.15 bits per heavy atom. The average molecular weight is 360 g/mol. The fraction of sp³-hybridized carbons (Fsp3) is 0.474. The highest BCUT2D eigenvalue weighted by Crippen LogP contribution is 2.42. The molecule has 2 unspecified atom stereocenters. The van der Waals surface area contributed by atoms with E-state index in [0.29, 0.717) is 25.0 Å². The Morgan fingerprint density at radius 2 is 1.96 bits per heavy atom. The third-order valence-electron chi connectivity index (χ3n) is 5.89. The summed E-state index contributed by atoms with van der Waals surface area (Å²) in [6.45, 7) is 0.488. The van der Waals surface area contributed by atoms with Crippen molar-refractivity contribution in [2.24, 2.45) is 17.6 Å². The molecule has 0 radical (unpaired) electrons. The second-order valence-electron chi connectivity index (χ2n) is 7.64. The van der Waals surface area contributed by atoms with E-state index in [4.69, 9.17) is 5.73 Å². The first-order valence-corrected chi connectivity index (χ1v) is 9.03. The Morgan fingerprint density at radius 3 is 2.73 bits per heavy atom. The predicted molar refractivity (Wildman–Crippen MR) is 91.2 cm³/mol. The number of fused-ring (bicyclic) bond motifs is 3. The molecule has 5 rings (SSSR count). The van der Waals surface area contributed by atoms with E-state index in [1.54, 1.807) is 6.20 Å². The number of halogens is 3. The molecule has 2 N–H and O–H groups in total. The van der Waals surface area contributed by atoms with E-state index < -0.39 is 23.4 Å². The molecule has 2 aromatic heterocycles. The molecule has 3 aliphatic rings. The van der Waals surface area contributed by atoms with Gasteiger partial charge in [-0.1, -0.05) is 0 Å². The molecule has 0 saturated heterocycles. The highest BCUT2D eigenvalue weighted by Gasteiger charge is 2.39. The number of hydrogen-bond donors (Lipinski definition) is 1. The van der Waals surface area contributed by atoms with Crippen molar-refractivity contribution in [2.75, 3.05) is 0 Å². The standard InChI is InChI=1S/C19H19F3N4/c20-12-5-14(22)13(21)3-10(12)11-4-19-25-17-7-24-16(9-1-2-9)6-18(17)26(19)8-15(11)23/h5-7,9-11,15H,1-4,8,23H2/t10-,11?,15?/m1/s1. The molecular formula is C19H19F3N4. The molecule has 0 aromatic carbocycles. The fourth-order valence-corrected chi connectivity index (χ4v) is 4.26. The molecular weight excluding hydrogens is 341 g/mol. The monoisotopic (exact) mass is 360 g/mol. The van der Waals surface area contributed by atoms with E-state index in [-0.39, 0.29) is 18.4 Å². The molecule has 2 aromatic rings. The van der Waals surface area contributed by atoms with Crippen LogP contribution < -0.4 is 5.73 Å². The van der Waals surface area contributed by atoms with Gasteiger partial charge in [-0.15, -0.1) is 0 Å². The first kappa shape index (κ1) is 16.1. The van der Waals surface area contributed by atoms with Gasteiger partial charge in [-0.3, -0.25) is 4.98 Å². The van der Waals surface area contributed by atoms with Crippen molar-refractivity contribution in [3.05, 3.63) is 47.3 Å². The summed E-state index contributed by atoms with van der Waals surface area (Å²) < 4.78 is 43.3. The Labute approximate surface area is 148 Å². The zero-order valence-corrected chi connectivity index (χ0v) is 14.1. The van der Waals surface area contributed by atoms with Gasteiger partial charge >= 0.3 is 0 Å². The van der Waals surface area contributed by atoms with Gasteiger partial charge in [0.1, 0.15) is 23.0 Å². The lowest BCUT2D eigenvalue weighted by atomic mass is 9.77. The summed E-state index contributed by atoms with van der Waals surface area (Å²) in [5.41, 5.74) is 9.22. The van der Waals surface area contributed by atoms with Crippen LogP contribution in [0.2, 0.25) is 0 Å². The van der Waals surface area contributed by atoms with Crippen LogP contribution in [0.25, 0.3) is 11.0 Å².